The standard InChI is InChI=1S/C12H17N3O3/c13-8-1-2-9(11(14)16)10(5-8)15-6-12(17)3-4-18-7-12/h1-2,5,15,17H,3-4,6-7,13H2,(H2,14,16). The quantitative estimate of drug-likeness (QED) is 0.560. The van der Waals surface area contributed by atoms with E-state index in [2.05, 4.69) is 5.32 Å². The number of carbonyl (C=O) groups excluding carboxylic acids is 1. The number of primary amides is 1. The number of ether oxygens (including phenoxy) is 1. The van der Waals surface area contributed by atoms with Crippen LogP contribution in [0.15, 0.2) is 18.2 Å². The van der Waals surface area contributed by atoms with Gasteiger partial charge < -0.3 is 26.6 Å². The molecule has 0 radical (unpaired) electrons. The van der Waals surface area contributed by atoms with Crippen LogP contribution >= 0.6 is 0 Å². The van der Waals surface area contributed by atoms with Crippen molar-refractivity contribution < 1.29 is 14.6 Å². The molecule has 1 aromatic rings. The number of carbonyl (C=O) groups is 1. The van der Waals surface area contributed by atoms with Gasteiger partial charge in [0.15, 0.2) is 0 Å². The van der Waals surface area contributed by atoms with Gasteiger partial charge in [-0.2, -0.15) is 0 Å². The molecule has 1 saturated heterocycles. The molecular weight excluding hydrogens is 234 g/mol. The third-order valence-corrected chi connectivity index (χ3v) is 3.00. The maximum atomic E-state index is 11.3. The summed E-state index contributed by atoms with van der Waals surface area (Å²) in [4.78, 5) is 11.3. The summed E-state index contributed by atoms with van der Waals surface area (Å²) >= 11 is 0. The van der Waals surface area contributed by atoms with Crippen molar-refractivity contribution >= 4 is 17.3 Å². The molecule has 1 aromatic carbocycles. The molecule has 1 unspecified atom stereocenters. The SMILES string of the molecule is NC(=O)c1ccc(N)cc1NCC1(O)CCOC1. The van der Waals surface area contributed by atoms with E-state index in [1.807, 2.05) is 0 Å². The van der Waals surface area contributed by atoms with Crippen LogP contribution in [0.25, 0.3) is 0 Å². The highest BCUT2D eigenvalue weighted by Crippen LogP contribution is 2.23. The number of rotatable bonds is 4. The lowest BCUT2D eigenvalue weighted by molar-refractivity contribution is 0.0382. The number of nitrogens with two attached hydrogens (primary N) is 2. The molecule has 0 aliphatic carbocycles. The summed E-state index contributed by atoms with van der Waals surface area (Å²) in [7, 11) is 0. The smallest absolute Gasteiger partial charge is 0.250 e. The van der Waals surface area contributed by atoms with Crippen molar-refractivity contribution in [2.75, 3.05) is 30.8 Å². The van der Waals surface area contributed by atoms with Crippen molar-refractivity contribution in [3.63, 3.8) is 0 Å². The van der Waals surface area contributed by atoms with Crippen LogP contribution in [0, 0.1) is 0 Å². The number of aliphatic hydroxyl groups is 1. The highest BCUT2D eigenvalue weighted by molar-refractivity contribution is 5.99. The van der Waals surface area contributed by atoms with Crippen molar-refractivity contribution in [2.45, 2.75) is 12.0 Å². The Bertz CT molecular complexity index is 456. The Balaban J connectivity index is 2.12. The van der Waals surface area contributed by atoms with Gasteiger partial charge in [-0.25, -0.2) is 0 Å². The minimum Gasteiger partial charge on any atom is -0.399 e. The number of hydrogen-bond acceptors (Lipinski definition) is 5. The number of anilines is 2. The molecule has 1 fully saturated rings. The Morgan fingerprint density at radius 2 is 2.33 bits per heavy atom. The first-order valence-electron chi connectivity index (χ1n) is 5.73. The second-order valence-electron chi connectivity index (χ2n) is 4.55. The Morgan fingerprint density at radius 3 is 2.94 bits per heavy atom. The van der Waals surface area contributed by atoms with E-state index in [4.69, 9.17) is 16.2 Å². The van der Waals surface area contributed by atoms with E-state index in [1.165, 1.54) is 0 Å². The molecule has 0 saturated carbocycles. The third-order valence-electron chi connectivity index (χ3n) is 3.00. The van der Waals surface area contributed by atoms with Gasteiger partial charge in [-0.05, 0) is 18.2 Å². The first-order valence-corrected chi connectivity index (χ1v) is 5.73. The average molecular weight is 251 g/mol. The average Bonchev–Trinajstić information content (AvgIpc) is 2.74. The fourth-order valence-electron chi connectivity index (χ4n) is 1.92. The maximum Gasteiger partial charge on any atom is 0.250 e. The lowest BCUT2D eigenvalue weighted by Gasteiger charge is -2.22. The van der Waals surface area contributed by atoms with Crippen LogP contribution < -0.4 is 16.8 Å². The van der Waals surface area contributed by atoms with Crippen molar-refractivity contribution in [3.8, 4) is 0 Å². The lowest BCUT2D eigenvalue weighted by Crippen LogP contribution is -2.37. The Kier molecular flexibility index (Phi) is 3.40. The molecule has 1 amide bonds. The normalized spacial score (nSPS) is 22.9. The molecule has 1 aliphatic rings. The maximum absolute atomic E-state index is 11.3. The van der Waals surface area contributed by atoms with E-state index in [-0.39, 0.29) is 13.2 Å². The van der Waals surface area contributed by atoms with Gasteiger partial charge in [0.1, 0.15) is 5.60 Å². The summed E-state index contributed by atoms with van der Waals surface area (Å²) in [6.45, 7) is 1.11. The summed E-state index contributed by atoms with van der Waals surface area (Å²) in [5.41, 5.74) is 11.4. The predicted molar refractivity (Wildman–Crippen MR) is 68.2 cm³/mol. The van der Waals surface area contributed by atoms with Gasteiger partial charge in [-0.15, -0.1) is 0 Å². The summed E-state index contributed by atoms with van der Waals surface area (Å²) in [5, 5.41) is 13.1. The van der Waals surface area contributed by atoms with Gasteiger partial charge in [0.05, 0.1) is 12.2 Å². The van der Waals surface area contributed by atoms with E-state index in [0.717, 1.165) is 0 Å². The first-order chi connectivity index (χ1) is 8.50. The molecule has 98 valence electrons. The molecule has 0 spiro atoms. The molecule has 6 N–H and O–H groups in total. The largest absolute Gasteiger partial charge is 0.399 e. The zero-order valence-electron chi connectivity index (χ0n) is 9.98. The lowest BCUT2D eigenvalue weighted by atomic mass is 10.0. The Hall–Kier alpha value is -1.79. The molecule has 6 heteroatoms. The number of nitrogen functional groups attached to an aromatic ring is 1. The summed E-state index contributed by atoms with van der Waals surface area (Å²) in [6.07, 6.45) is 0.564. The van der Waals surface area contributed by atoms with E-state index in [1.54, 1.807) is 18.2 Å². The van der Waals surface area contributed by atoms with Crippen LogP contribution in [-0.4, -0.2) is 36.4 Å². The molecule has 0 bridgehead atoms. The number of hydrogen-bond donors (Lipinski definition) is 4. The first kappa shape index (κ1) is 12.7. The predicted octanol–water partition coefficient (Wildman–Crippen LogP) is -0.0690. The number of amides is 1. The van der Waals surface area contributed by atoms with Crippen LogP contribution in [0.5, 0.6) is 0 Å². The molecule has 0 aromatic heterocycles. The third kappa shape index (κ3) is 2.72. The number of nitrogens with one attached hydrogen (secondary N) is 1. The minimum absolute atomic E-state index is 0.286. The topological polar surface area (TPSA) is 111 Å². The second-order valence-corrected chi connectivity index (χ2v) is 4.55. The molecule has 1 atom stereocenters. The van der Waals surface area contributed by atoms with E-state index in [9.17, 15) is 9.90 Å². The van der Waals surface area contributed by atoms with Crippen LogP contribution in [0.1, 0.15) is 16.8 Å². The molecular formula is C12H17N3O3. The molecule has 1 aliphatic heterocycles. The summed E-state index contributed by atoms with van der Waals surface area (Å²) in [5.74, 6) is -0.535. The van der Waals surface area contributed by atoms with Crippen LogP contribution in [0.4, 0.5) is 11.4 Å². The minimum atomic E-state index is -0.903. The highest BCUT2D eigenvalue weighted by atomic mass is 16.5. The van der Waals surface area contributed by atoms with Gasteiger partial charge in [-0.1, -0.05) is 0 Å². The van der Waals surface area contributed by atoms with Crippen molar-refractivity contribution in [1.29, 1.82) is 0 Å². The van der Waals surface area contributed by atoms with Crippen molar-refractivity contribution in [3.05, 3.63) is 23.8 Å². The van der Waals surface area contributed by atoms with E-state index in [0.29, 0.717) is 30.0 Å². The van der Waals surface area contributed by atoms with Gasteiger partial charge in [0.25, 0.3) is 5.91 Å². The van der Waals surface area contributed by atoms with Gasteiger partial charge in [-0.3, -0.25) is 4.79 Å². The van der Waals surface area contributed by atoms with Crippen LogP contribution in [0.3, 0.4) is 0 Å². The molecule has 1 heterocycles. The van der Waals surface area contributed by atoms with E-state index >= 15 is 0 Å². The Labute approximate surface area is 105 Å². The number of benzene rings is 1. The van der Waals surface area contributed by atoms with E-state index < -0.39 is 11.5 Å². The van der Waals surface area contributed by atoms with Crippen LogP contribution in [-0.2, 0) is 4.74 Å². The fraction of sp³-hybridized carbons (Fsp3) is 0.417. The van der Waals surface area contributed by atoms with Gasteiger partial charge >= 0.3 is 0 Å². The van der Waals surface area contributed by atoms with Gasteiger partial charge in [0, 0.05) is 30.9 Å². The van der Waals surface area contributed by atoms with Crippen molar-refractivity contribution in [2.24, 2.45) is 5.73 Å². The summed E-state index contributed by atoms with van der Waals surface area (Å²) in [6, 6.07) is 4.80. The zero-order valence-corrected chi connectivity index (χ0v) is 9.98. The second kappa shape index (κ2) is 4.83. The summed E-state index contributed by atoms with van der Waals surface area (Å²) < 4.78 is 5.14. The van der Waals surface area contributed by atoms with Crippen LogP contribution in [0.2, 0.25) is 0 Å². The zero-order chi connectivity index (χ0) is 13.2. The monoisotopic (exact) mass is 251 g/mol. The molecule has 6 nitrogen and oxygen atoms in total. The highest BCUT2D eigenvalue weighted by Gasteiger charge is 2.32. The molecule has 2 rings (SSSR count). The van der Waals surface area contributed by atoms with Gasteiger partial charge in [0.2, 0.25) is 0 Å². The van der Waals surface area contributed by atoms with Crippen molar-refractivity contribution in [1.82, 2.24) is 0 Å². The molecule has 18 heavy (non-hydrogen) atoms. The Morgan fingerprint density at radius 1 is 1.56 bits per heavy atom. The fourth-order valence-corrected chi connectivity index (χ4v) is 1.92.